The van der Waals surface area contributed by atoms with Gasteiger partial charge in [-0.15, -0.1) is 10.2 Å². The highest BCUT2D eigenvalue weighted by molar-refractivity contribution is 5.97. The van der Waals surface area contributed by atoms with Crippen LogP contribution >= 0.6 is 0 Å². The minimum atomic E-state index is -0.603. The lowest BCUT2D eigenvalue weighted by molar-refractivity contribution is 0.0700. The molecule has 3 aromatic carbocycles. The third-order valence-electron chi connectivity index (χ3n) is 4.68. The SMILES string of the molecule is O=C(Oc1ccc(-c2nnco2)cc1)c1oc2ccccc2c1COc1ccccc1. The number of benzene rings is 3. The normalized spacial score (nSPS) is 10.8. The lowest BCUT2D eigenvalue weighted by atomic mass is 10.1. The number of carbonyl (C=O) groups is 1. The summed E-state index contributed by atoms with van der Waals surface area (Å²) in [6.07, 6.45) is 1.25. The fourth-order valence-corrected chi connectivity index (χ4v) is 3.20. The molecule has 2 aromatic heterocycles. The van der Waals surface area contributed by atoms with Gasteiger partial charge in [0.05, 0.1) is 5.56 Å². The van der Waals surface area contributed by atoms with Crippen LogP contribution in [0.4, 0.5) is 0 Å². The van der Waals surface area contributed by atoms with Gasteiger partial charge in [-0.25, -0.2) is 4.79 Å². The van der Waals surface area contributed by atoms with E-state index in [9.17, 15) is 4.79 Å². The van der Waals surface area contributed by atoms with E-state index >= 15 is 0 Å². The molecule has 0 saturated heterocycles. The number of hydrogen-bond donors (Lipinski definition) is 0. The van der Waals surface area contributed by atoms with Gasteiger partial charge in [0.2, 0.25) is 18.0 Å². The molecule has 0 bridgehead atoms. The highest BCUT2D eigenvalue weighted by Crippen LogP contribution is 2.29. The summed E-state index contributed by atoms with van der Waals surface area (Å²) in [6.45, 7) is 0.168. The van der Waals surface area contributed by atoms with Gasteiger partial charge < -0.3 is 18.3 Å². The summed E-state index contributed by atoms with van der Waals surface area (Å²) in [7, 11) is 0. The van der Waals surface area contributed by atoms with Crippen LogP contribution in [-0.4, -0.2) is 16.2 Å². The lowest BCUT2D eigenvalue weighted by Crippen LogP contribution is -2.11. The highest BCUT2D eigenvalue weighted by atomic mass is 16.5. The summed E-state index contributed by atoms with van der Waals surface area (Å²) in [5, 5.41) is 8.31. The van der Waals surface area contributed by atoms with Crippen LogP contribution in [0.15, 0.2) is 94.1 Å². The van der Waals surface area contributed by atoms with E-state index in [1.807, 2.05) is 48.5 Å². The van der Waals surface area contributed by atoms with E-state index in [-0.39, 0.29) is 12.4 Å². The molecule has 0 aliphatic rings. The van der Waals surface area contributed by atoms with Gasteiger partial charge in [-0.2, -0.15) is 0 Å². The fraction of sp³-hybridized carbons (Fsp3) is 0.0417. The molecule has 0 atom stereocenters. The standard InChI is InChI=1S/C24H16N2O5/c27-24(30-18-12-10-16(11-13-18)23-26-25-15-29-23)22-20(14-28-17-6-2-1-3-7-17)19-8-4-5-9-21(19)31-22/h1-13,15H,14H2. The first-order valence-corrected chi connectivity index (χ1v) is 9.55. The molecule has 31 heavy (non-hydrogen) atoms. The number of aromatic nitrogens is 2. The van der Waals surface area contributed by atoms with Gasteiger partial charge in [0, 0.05) is 10.9 Å². The van der Waals surface area contributed by atoms with Crippen molar-refractivity contribution in [1.82, 2.24) is 10.2 Å². The molecule has 0 amide bonds. The molecular formula is C24H16N2O5. The number of carbonyl (C=O) groups excluding carboxylic acids is 1. The van der Waals surface area contributed by atoms with Crippen molar-refractivity contribution >= 4 is 16.9 Å². The maximum atomic E-state index is 12.9. The van der Waals surface area contributed by atoms with Gasteiger partial charge in [0.25, 0.3) is 0 Å². The van der Waals surface area contributed by atoms with Gasteiger partial charge >= 0.3 is 5.97 Å². The first kappa shape index (κ1) is 18.6. The molecule has 0 radical (unpaired) electrons. The number of furan rings is 1. The van der Waals surface area contributed by atoms with E-state index in [1.165, 1.54) is 6.39 Å². The number of fused-ring (bicyclic) bond motifs is 1. The summed E-state index contributed by atoms with van der Waals surface area (Å²) < 4.78 is 22.4. The maximum Gasteiger partial charge on any atom is 0.380 e. The minimum absolute atomic E-state index is 0.109. The molecule has 0 fully saturated rings. The molecule has 152 valence electrons. The van der Waals surface area contributed by atoms with Crippen molar-refractivity contribution in [3.8, 4) is 23.0 Å². The van der Waals surface area contributed by atoms with E-state index in [4.69, 9.17) is 18.3 Å². The van der Waals surface area contributed by atoms with Crippen molar-refractivity contribution in [2.75, 3.05) is 0 Å². The summed E-state index contributed by atoms with van der Waals surface area (Å²) in [5.41, 5.74) is 1.94. The van der Waals surface area contributed by atoms with Crippen LogP contribution in [0, 0.1) is 0 Å². The van der Waals surface area contributed by atoms with Crippen molar-refractivity contribution in [2.24, 2.45) is 0 Å². The average molecular weight is 412 g/mol. The summed E-state index contributed by atoms with van der Waals surface area (Å²) in [6, 6.07) is 23.6. The summed E-state index contributed by atoms with van der Waals surface area (Å²) in [5.74, 6) is 0.953. The number of esters is 1. The summed E-state index contributed by atoms with van der Waals surface area (Å²) >= 11 is 0. The predicted octanol–water partition coefficient (Wildman–Crippen LogP) is 5.28. The van der Waals surface area contributed by atoms with Crippen molar-refractivity contribution in [2.45, 2.75) is 6.61 Å². The number of ether oxygens (including phenoxy) is 2. The Kier molecular flexibility index (Phi) is 4.90. The largest absolute Gasteiger partial charge is 0.489 e. The molecular weight excluding hydrogens is 396 g/mol. The molecule has 7 nitrogen and oxygen atoms in total. The first-order chi connectivity index (χ1) is 15.3. The monoisotopic (exact) mass is 412 g/mol. The Labute approximate surface area is 176 Å². The van der Waals surface area contributed by atoms with Crippen LogP contribution in [0.3, 0.4) is 0 Å². The average Bonchev–Trinajstić information content (AvgIpc) is 3.47. The van der Waals surface area contributed by atoms with Crippen molar-refractivity contribution in [3.05, 3.63) is 96.6 Å². The zero-order valence-corrected chi connectivity index (χ0v) is 16.2. The Hall–Kier alpha value is -4.39. The molecule has 0 aliphatic carbocycles. The summed E-state index contributed by atoms with van der Waals surface area (Å²) in [4.78, 5) is 12.9. The Morgan fingerprint density at radius 2 is 1.65 bits per heavy atom. The van der Waals surface area contributed by atoms with Gasteiger partial charge in [-0.05, 0) is 42.5 Å². The quantitative estimate of drug-likeness (QED) is 0.277. The zero-order chi connectivity index (χ0) is 21.0. The van der Waals surface area contributed by atoms with Gasteiger partial charge in [0.15, 0.2) is 0 Å². The Balaban J connectivity index is 1.40. The molecule has 5 rings (SSSR count). The molecule has 0 N–H and O–H groups in total. The molecule has 0 aliphatic heterocycles. The van der Waals surface area contributed by atoms with Crippen molar-refractivity contribution in [1.29, 1.82) is 0 Å². The van der Waals surface area contributed by atoms with Crippen molar-refractivity contribution < 1.29 is 23.1 Å². The second kappa shape index (κ2) is 8.16. The number of rotatable bonds is 6. The molecule has 7 heteroatoms. The fourth-order valence-electron chi connectivity index (χ4n) is 3.20. The van der Waals surface area contributed by atoms with Gasteiger partial charge in [0.1, 0.15) is 23.7 Å². The Morgan fingerprint density at radius 1 is 0.871 bits per heavy atom. The predicted molar refractivity (Wildman–Crippen MR) is 112 cm³/mol. The third kappa shape index (κ3) is 3.89. The number of para-hydroxylation sites is 2. The highest BCUT2D eigenvalue weighted by Gasteiger charge is 2.23. The minimum Gasteiger partial charge on any atom is -0.489 e. The third-order valence-corrected chi connectivity index (χ3v) is 4.68. The topological polar surface area (TPSA) is 87.6 Å². The van der Waals surface area contributed by atoms with E-state index in [1.54, 1.807) is 30.3 Å². The van der Waals surface area contributed by atoms with Gasteiger partial charge in [-0.1, -0.05) is 36.4 Å². The van der Waals surface area contributed by atoms with E-state index in [0.29, 0.717) is 28.5 Å². The molecule has 5 aromatic rings. The lowest BCUT2D eigenvalue weighted by Gasteiger charge is -2.07. The second-order valence-electron chi connectivity index (χ2n) is 6.67. The smallest absolute Gasteiger partial charge is 0.380 e. The number of hydrogen-bond acceptors (Lipinski definition) is 7. The Morgan fingerprint density at radius 3 is 2.42 bits per heavy atom. The maximum absolute atomic E-state index is 12.9. The van der Waals surface area contributed by atoms with Crippen molar-refractivity contribution in [3.63, 3.8) is 0 Å². The second-order valence-corrected chi connectivity index (χ2v) is 6.67. The molecule has 0 spiro atoms. The van der Waals surface area contributed by atoms with Crippen LogP contribution < -0.4 is 9.47 Å². The number of nitrogens with zero attached hydrogens (tertiary/aromatic N) is 2. The molecule has 0 saturated carbocycles. The van der Waals surface area contributed by atoms with Crippen LogP contribution in [0.5, 0.6) is 11.5 Å². The van der Waals surface area contributed by atoms with Crippen LogP contribution in [0.2, 0.25) is 0 Å². The molecule has 2 heterocycles. The zero-order valence-electron chi connectivity index (χ0n) is 16.2. The first-order valence-electron chi connectivity index (χ1n) is 9.55. The van der Waals surface area contributed by atoms with Crippen LogP contribution in [0.1, 0.15) is 16.1 Å². The van der Waals surface area contributed by atoms with Crippen LogP contribution in [0.25, 0.3) is 22.4 Å². The van der Waals surface area contributed by atoms with E-state index in [0.717, 1.165) is 10.9 Å². The van der Waals surface area contributed by atoms with Gasteiger partial charge in [-0.3, -0.25) is 0 Å². The van der Waals surface area contributed by atoms with Crippen LogP contribution in [-0.2, 0) is 6.61 Å². The van der Waals surface area contributed by atoms with E-state index in [2.05, 4.69) is 10.2 Å². The van der Waals surface area contributed by atoms with E-state index < -0.39 is 5.97 Å². The Bertz CT molecular complexity index is 1310. The molecule has 0 unspecified atom stereocenters.